The molecule has 0 bridgehead atoms. The van der Waals surface area contributed by atoms with Gasteiger partial charge in [0.25, 0.3) is 11.8 Å². The van der Waals surface area contributed by atoms with E-state index in [2.05, 4.69) is 50.8 Å². The largest absolute Gasteiger partial charge is 0.494 e. The molecular weight excluding hydrogens is 911 g/mol. The minimum Gasteiger partial charge on any atom is -0.494 e. The van der Waals surface area contributed by atoms with Crippen LogP contribution in [0.1, 0.15) is 121 Å². The zero-order valence-corrected chi connectivity index (χ0v) is 39.1. The maximum atomic E-state index is 13.6. The molecule has 2 aliphatic rings. The Bertz CT molecular complexity index is 3000. The van der Waals surface area contributed by atoms with Crippen LogP contribution in [0, 0.1) is 25.5 Å². The fraction of sp³-hybridized carbons (Fsp3) is 0.286. The molecule has 19 nitrogen and oxygen atoms in total. The van der Waals surface area contributed by atoms with Gasteiger partial charge in [0, 0.05) is 38.3 Å². The van der Waals surface area contributed by atoms with Crippen LogP contribution in [-0.2, 0) is 33.1 Å². The van der Waals surface area contributed by atoms with Gasteiger partial charge >= 0.3 is 5.97 Å². The number of amides is 2. The first-order chi connectivity index (χ1) is 33.5. The molecule has 6 aromatic rings. The van der Waals surface area contributed by atoms with E-state index in [1.165, 1.54) is 57.9 Å². The SMILES string of the molecule is COC(=O)c1cc(C2CC(c3cc(C(=O)NCc4ccc(F)c(OC)c4)nc(C)n3)=NO2)ccn1.COc1cc(CNC(=O)c2cc(C3=NOC(c4ccnc(C(C)(C)O)c4)C3)nc(C)n2)ccc1F. The zero-order chi connectivity index (χ0) is 50.1. The van der Waals surface area contributed by atoms with Crippen molar-refractivity contribution in [1.82, 2.24) is 40.5 Å². The number of carbonyl (C=O) groups is 3. The number of halogens is 2. The number of methoxy groups -OCH3 is 3. The maximum Gasteiger partial charge on any atom is 0.356 e. The molecular formula is C49H48F2N10O9. The first kappa shape index (κ1) is 49.6. The molecule has 2 aliphatic heterocycles. The normalized spacial score (nSPS) is 15.0. The van der Waals surface area contributed by atoms with Crippen molar-refractivity contribution in [3.8, 4) is 11.5 Å². The highest BCUT2D eigenvalue weighted by molar-refractivity contribution is 6.03. The van der Waals surface area contributed by atoms with E-state index in [0.717, 1.165) is 5.56 Å². The quantitative estimate of drug-likeness (QED) is 0.102. The number of esters is 1. The summed E-state index contributed by atoms with van der Waals surface area (Å²) in [5, 5.41) is 24.1. The lowest BCUT2D eigenvalue weighted by atomic mass is 9.98. The molecule has 2 amide bonds. The van der Waals surface area contributed by atoms with Gasteiger partial charge in [-0.2, -0.15) is 0 Å². The van der Waals surface area contributed by atoms with Crippen molar-refractivity contribution in [1.29, 1.82) is 0 Å². The molecule has 2 unspecified atom stereocenters. The third-order valence-electron chi connectivity index (χ3n) is 10.7. The second-order valence-electron chi connectivity index (χ2n) is 16.3. The van der Waals surface area contributed by atoms with Crippen molar-refractivity contribution in [3.63, 3.8) is 0 Å². The molecule has 4 aromatic heterocycles. The van der Waals surface area contributed by atoms with Crippen LogP contribution in [0.15, 0.2) is 95.5 Å². The number of hydrogen-bond donors (Lipinski definition) is 3. The van der Waals surface area contributed by atoms with Crippen LogP contribution in [0.5, 0.6) is 11.5 Å². The summed E-state index contributed by atoms with van der Waals surface area (Å²) < 4.78 is 41.9. The second kappa shape index (κ2) is 21.7. The summed E-state index contributed by atoms with van der Waals surface area (Å²) in [6.07, 6.45) is 3.11. The zero-order valence-electron chi connectivity index (χ0n) is 39.1. The van der Waals surface area contributed by atoms with Crippen molar-refractivity contribution in [3.05, 3.63) is 165 Å². The Morgan fingerprint density at radius 2 is 1.13 bits per heavy atom. The number of oxime groups is 2. The number of aryl methyl sites for hydroxylation is 2. The number of rotatable bonds is 14. The van der Waals surface area contributed by atoms with E-state index in [9.17, 15) is 28.3 Å². The molecule has 3 N–H and O–H groups in total. The number of aromatic nitrogens is 6. The number of nitrogens with one attached hydrogen (secondary N) is 2. The fourth-order valence-corrected chi connectivity index (χ4v) is 7.10. The predicted octanol–water partition coefficient (Wildman–Crippen LogP) is 6.26. The van der Waals surface area contributed by atoms with Gasteiger partial charge in [0.15, 0.2) is 35.3 Å². The number of benzene rings is 2. The van der Waals surface area contributed by atoms with Crippen LogP contribution in [0.2, 0.25) is 0 Å². The van der Waals surface area contributed by atoms with E-state index < -0.39 is 41.1 Å². The summed E-state index contributed by atoms with van der Waals surface area (Å²) >= 11 is 0. The summed E-state index contributed by atoms with van der Waals surface area (Å²) in [6.45, 7) is 7.02. The van der Waals surface area contributed by atoms with Crippen LogP contribution < -0.4 is 20.1 Å². The Kier molecular flexibility index (Phi) is 15.4. The Labute approximate surface area is 400 Å². The Morgan fingerprint density at radius 1 is 0.657 bits per heavy atom. The first-order valence-electron chi connectivity index (χ1n) is 21.6. The monoisotopic (exact) mass is 958 g/mol. The van der Waals surface area contributed by atoms with E-state index in [1.54, 1.807) is 70.3 Å². The van der Waals surface area contributed by atoms with Gasteiger partial charge in [-0.15, -0.1) is 0 Å². The highest BCUT2D eigenvalue weighted by Crippen LogP contribution is 2.32. The van der Waals surface area contributed by atoms with E-state index in [-0.39, 0.29) is 47.8 Å². The molecule has 0 radical (unpaired) electrons. The lowest BCUT2D eigenvalue weighted by Gasteiger charge is -2.18. The number of pyridine rings is 2. The highest BCUT2D eigenvalue weighted by atomic mass is 19.1. The summed E-state index contributed by atoms with van der Waals surface area (Å²) in [4.78, 5) is 73.9. The number of ether oxygens (including phenoxy) is 3. The summed E-state index contributed by atoms with van der Waals surface area (Å²) in [5.74, 6) is -1.33. The van der Waals surface area contributed by atoms with Gasteiger partial charge < -0.3 is 39.6 Å². The molecule has 0 aliphatic carbocycles. The lowest BCUT2D eigenvalue weighted by molar-refractivity contribution is 0.0591. The third-order valence-corrected chi connectivity index (χ3v) is 10.7. The summed E-state index contributed by atoms with van der Waals surface area (Å²) in [7, 11) is 4.04. The van der Waals surface area contributed by atoms with Crippen LogP contribution in [-0.4, -0.2) is 85.5 Å². The molecule has 0 saturated carbocycles. The van der Waals surface area contributed by atoms with Gasteiger partial charge in [0.05, 0.1) is 38.4 Å². The van der Waals surface area contributed by atoms with E-state index in [0.29, 0.717) is 69.7 Å². The Balaban J connectivity index is 0.000000206. The molecule has 8 rings (SSSR count). The number of nitrogens with zero attached hydrogens (tertiary/aromatic N) is 8. The van der Waals surface area contributed by atoms with E-state index in [4.69, 9.17) is 23.9 Å². The van der Waals surface area contributed by atoms with Gasteiger partial charge in [-0.05, 0) is 111 Å². The van der Waals surface area contributed by atoms with Crippen LogP contribution >= 0.6 is 0 Å². The van der Waals surface area contributed by atoms with Crippen LogP contribution in [0.3, 0.4) is 0 Å². The minimum atomic E-state index is -1.08. The molecule has 362 valence electrons. The number of carbonyl (C=O) groups excluding carboxylic acids is 3. The standard InChI is InChI=1S/C25H26FN5O4.C24H22FN5O5/c1-14-29-18(19-12-21(35-31-19)16-7-8-27-23(10-16)25(2,3)33)11-20(30-14)24(32)28-13-15-5-6-17(26)22(9-15)34-4;1-13-28-17(18-11-21(35-30-18)15-6-7-26-20(9-15)24(32)34-3)10-19(29-13)23(31)27-12-14-4-5-16(25)22(8-14)33-2/h5-11,21,33H,12-13H2,1-4H3,(H,28,32);4-10,21H,11-12H2,1-3H3,(H,27,31). The second-order valence-corrected chi connectivity index (χ2v) is 16.3. The van der Waals surface area contributed by atoms with Crippen molar-refractivity contribution in [2.24, 2.45) is 10.3 Å². The van der Waals surface area contributed by atoms with Crippen molar-refractivity contribution in [2.45, 2.75) is 71.4 Å². The van der Waals surface area contributed by atoms with Crippen LogP contribution in [0.25, 0.3) is 0 Å². The third kappa shape index (κ3) is 12.2. The molecule has 0 fully saturated rings. The maximum absolute atomic E-state index is 13.6. The summed E-state index contributed by atoms with van der Waals surface area (Å²) in [6, 6.07) is 18.7. The van der Waals surface area contributed by atoms with Gasteiger partial charge in [-0.1, -0.05) is 22.4 Å². The molecule has 21 heteroatoms. The molecule has 2 aromatic carbocycles. The number of hydrogen-bond acceptors (Lipinski definition) is 17. The smallest absolute Gasteiger partial charge is 0.356 e. The van der Waals surface area contributed by atoms with Gasteiger partial charge in [0.1, 0.15) is 45.8 Å². The van der Waals surface area contributed by atoms with E-state index >= 15 is 0 Å². The highest BCUT2D eigenvalue weighted by Gasteiger charge is 2.29. The van der Waals surface area contributed by atoms with Gasteiger partial charge in [0.2, 0.25) is 0 Å². The van der Waals surface area contributed by atoms with Crippen molar-refractivity contribution < 1.29 is 52.2 Å². The molecule has 6 heterocycles. The topological polar surface area (TPSA) is 244 Å². The summed E-state index contributed by atoms with van der Waals surface area (Å²) in [5.41, 5.74) is 4.90. The Hall–Kier alpha value is -8.33. The van der Waals surface area contributed by atoms with E-state index in [1.807, 2.05) is 6.07 Å². The number of aliphatic hydroxyl groups is 1. The average Bonchev–Trinajstić information content (AvgIpc) is 4.07. The minimum absolute atomic E-state index is 0.0959. The van der Waals surface area contributed by atoms with Gasteiger partial charge in [-0.25, -0.2) is 38.5 Å². The van der Waals surface area contributed by atoms with Crippen molar-refractivity contribution >= 4 is 29.2 Å². The lowest BCUT2D eigenvalue weighted by Crippen LogP contribution is -2.25. The Morgan fingerprint density at radius 3 is 1.59 bits per heavy atom. The molecule has 0 spiro atoms. The molecule has 0 saturated heterocycles. The molecule has 2 atom stereocenters. The predicted molar refractivity (Wildman–Crippen MR) is 247 cm³/mol. The van der Waals surface area contributed by atoms with Crippen LogP contribution in [0.4, 0.5) is 8.78 Å². The molecule has 70 heavy (non-hydrogen) atoms. The van der Waals surface area contributed by atoms with Gasteiger partial charge in [-0.3, -0.25) is 14.6 Å². The average molecular weight is 959 g/mol. The fourth-order valence-electron chi connectivity index (χ4n) is 7.10. The van der Waals surface area contributed by atoms with Crippen molar-refractivity contribution in [2.75, 3.05) is 21.3 Å². The first-order valence-corrected chi connectivity index (χ1v) is 21.6.